The molecule has 0 saturated heterocycles. The first kappa shape index (κ1) is 31.3. The summed E-state index contributed by atoms with van der Waals surface area (Å²) in [6.07, 6.45) is 0.829. The lowest BCUT2D eigenvalue weighted by atomic mass is 9.82. The molecule has 0 saturated carbocycles. The topological polar surface area (TPSA) is 80.2 Å². The van der Waals surface area contributed by atoms with Crippen molar-refractivity contribution in [3.63, 3.8) is 0 Å². The Balaban J connectivity index is 1.51. The van der Waals surface area contributed by atoms with E-state index in [2.05, 4.69) is 37.2 Å². The number of aliphatic hydroxyl groups is 1. The Labute approximate surface area is 273 Å². The van der Waals surface area contributed by atoms with E-state index in [1.165, 1.54) is 0 Å². The number of ether oxygens (including phenoxy) is 2. The smallest absolute Gasteiger partial charge is 0.252 e. The van der Waals surface area contributed by atoms with Gasteiger partial charge in [0.2, 0.25) is 5.90 Å². The number of aliphatic hydroxyl groups excluding tert-OH is 1. The van der Waals surface area contributed by atoms with Crippen LogP contribution in [-0.4, -0.2) is 42.2 Å². The third-order valence-corrected chi connectivity index (χ3v) is 8.79. The van der Waals surface area contributed by atoms with Crippen molar-refractivity contribution in [1.29, 1.82) is 0 Å². The molecule has 1 aliphatic heterocycles. The van der Waals surface area contributed by atoms with E-state index in [4.69, 9.17) is 31.2 Å². The van der Waals surface area contributed by atoms with Gasteiger partial charge in [-0.25, -0.2) is 4.99 Å². The van der Waals surface area contributed by atoms with E-state index < -0.39 is 11.6 Å². The molecule has 2 atom stereocenters. The highest BCUT2D eigenvalue weighted by atomic mass is 79.9. The average molecular weight is 727 g/mol. The number of amides is 1. The second-order valence-corrected chi connectivity index (χ2v) is 12.4. The zero-order valence-corrected chi connectivity index (χ0v) is 27.2. The van der Waals surface area contributed by atoms with Crippen LogP contribution in [-0.2, 0) is 22.4 Å². The molecule has 0 aromatic heterocycles. The molecule has 1 amide bonds. The van der Waals surface area contributed by atoms with Crippen LogP contribution < -0.4 is 10.1 Å². The zero-order valence-electron chi connectivity index (χ0n) is 23.3. The van der Waals surface area contributed by atoms with Crippen LogP contribution in [0.3, 0.4) is 0 Å². The molecule has 0 unspecified atom stereocenters. The fourth-order valence-corrected chi connectivity index (χ4v) is 5.79. The zero-order chi connectivity index (χ0) is 30.2. The Morgan fingerprint density at radius 2 is 1.70 bits per heavy atom. The van der Waals surface area contributed by atoms with Crippen LogP contribution in [0, 0.1) is 0 Å². The number of carbonyl (C=O) groups is 1. The summed E-state index contributed by atoms with van der Waals surface area (Å²) in [7, 11) is 0. The molecule has 4 aromatic carbocycles. The molecule has 0 spiro atoms. The predicted molar refractivity (Wildman–Crippen MR) is 177 cm³/mol. The highest BCUT2D eigenvalue weighted by Crippen LogP contribution is 2.43. The number of nitrogens with one attached hydrogen (secondary N) is 1. The monoisotopic (exact) mass is 724 g/mol. The first-order chi connectivity index (χ1) is 20.9. The first-order valence-electron chi connectivity index (χ1n) is 14.0. The summed E-state index contributed by atoms with van der Waals surface area (Å²) in [6, 6.07) is 30.7. The second kappa shape index (κ2) is 14.5. The van der Waals surface area contributed by atoms with Crippen molar-refractivity contribution in [3.8, 4) is 5.75 Å². The van der Waals surface area contributed by atoms with Gasteiger partial charge in [0.25, 0.3) is 5.91 Å². The van der Waals surface area contributed by atoms with Crippen LogP contribution in [0.1, 0.15) is 34.8 Å². The van der Waals surface area contributed by atoms with E-state index in [0.717, 1.165) is 31.2 Å². The molecular formula is C34H31Br2ClN2O4. The van der Waals surface area contributed by atoms with E-state index >= 15 is 0 Å². The number of aliphatic imine (C=N–C) groups is 1. The Hall–Kier alpha value is -3.17. The molecular weight excluding hydrogens is 696 g/mol. The minimum Gasteiger partial charge on any atom is -0.494 e. The minimum absolute atomic E-state index is 0.0710. The fourth-order valence-electron chi connectivity index (χ4n) is 4.98. The molecule has 0 radical (unpaired) electrons. The van der Waals surface area contributed by atoms with Gasteiger partial charge in [0.05, 0.1) is 6.61 Å². The SMILES string of the molecule is O=C(NCCc1ccc(Cl)cc1)[C@]1(Cc2ccccc2Br)N=C(c2ccc(OCCCO)cc2)O[C@@H]1c1ccc(Br)cc1. The minimum atomic E-state index is -1.29. The largest absolute Gasteiger partial charge is 0.494 e. The molecule has 0 aliphatic carbocycles. The Morgan fingerprint density at radius 3 is 2.40 bits per heavy atom. The summed E-state index contributed by atoms with van der Waals surface area (Å²) in [5, 5.41) is 12.9. The lowest BCUT2D eigenvalue weighted by Gasteiger charge is -2.31. The van der Waals surface area contributed by atoms with Crippen LogP contribution in [0.4, 0.5) is 0 Å². The lowest BCUT2D eigenvalue weighted by Crippen LogP contribution is -2.50. The summed E-state index contributed by atoms with van der Waals surface area (Å²) in [5.74, 6) is 0.846. The number of benzene rings is 4. The summed E-state index contributed by atoms with van der Waals surface area (Å²) in [4.78, 5) is 19.5. The van der Waals surface area contributed by atoms with E-state index in [1.807, 2.05) is 97.1 Å². The molecule has 1 heterocycles. The third-order valence-electron chi connectivity index (χ3n) is 7.23. The van der Waals surface area contributed by atoms with E-state index in [-0.39, 0.29) is 12.5 Å². The van der Waals surface area contributed by atoms with Gasteiger partial charge in [-0.15, -0.1) is 0 Å². The normalized spacial score (nSPS) is 17.7. The Morgan fingerprint density at radius 1 is 0.977 bits per heavy atom. The van der Waals surface area contributed by atoms with E-state index in [1.54, 1.807) is 0 Å². The standard InChI is InChI=1S/C34H31Br2ClN2O4/c35-27-12-8-24(9-13-27)31-34(22-26-4-1-2-5-30(26)36,33(41)38-19-18-23-6-14-28(37)15-7-23)39-32(43-31)25-10-16-29(17-11-25)42-21-3-20-40/h1-2,4-17,31,40H,3,18-22H2,(H,38,41)/t31-,34-/m1/s1. The van der Waals surface area contributed by atoms with Crippen LogP contribution in [0.15, 0.2) is 111 Å². The summed E-state index contributed by atoms with van der Waals surface area (Å²) < 4.78 is 14.1. The molecule has 9 heteroatoms. The molecule has 5 rings (SSSR count). The van der Waals surface area contributed by atoms with Crippen molar-refractivity contribution in [2.45, 2.75) is 30.9 Å². The van der Waals surface area contributed by atoms with Gasteiger partial charge in [-0.1, -0.05) is 85.9 Å². The molecule has 1 aliphatic rings. The van der Waals surface area contributed by atoms with Gasteiger partial charge < -0.3 is 19.9 Å². The maximum atomic E-state index is 14.4. The van der Waals surface area contributed by atoms with Crippen LogP contribution >= 0.6 is 43.5 Å². The van der Waals surface area contributed by atoms with Gasteiger partial charge in [-0.05, 0) is 77.7 Å². The highest BCUT2D eigenvalue weighted by molar-refractivity contribution is 9.10. The predicted octanol–water partition coefficient (Wildman–Crippen LogP) is 7.48. The average Bonchev–Trinajstić information content (AvgIpc) is 3.40. The van der Waals surface area contributed by atoms with Gasteiger partial charge in [0.15, 0.2) is 11.6 Å². The maximum absolute atomic E-state index is 14.4. The van der Waals surface area contributed by atoms with Crippen molar-refractivity contribution in [3.05, 3.63) is 133 Å². The van der Waals surface area contributed by atoms with E-state index in [9.17, 15) is 4.79 Å². The number of rotatable bonds is 12. The molecule has 6 nitrogen and oxygen atoms in total. The van der Waals surface area contributed by atoms with Crippen LogP contribution in [0.5, 0.6) is 5.75 Å². The second-order valence-electron chi connectivity index (χ2n) is 10.2. The summed E-state index contributed by atoms with van der Waals surface area (Å²) >= 11 is 13.3. The molecule has 0 bridgehead atoms. The van der Waals surface area contributed by atoms with Crippen molar-refractivity contribution in [2.24, 2.45) is 4.99 Å². The maximum Gasteiger partial charge on any atom is 0.252 e. The number of hydrogen-bond acceptors (Lipinski definition) is 5. The number of nitrogens with zero attached hydrogens (tertiary/aromatic N) is 1. The summed E-state index contributed by atoms with van der Waals surface area (Å²) in [5.41, 5.74) is 2.30. The fraction of sp³-hybridized carbons (Fsp3) is 0.235. The molecule has 222 valence electrons. The van der Waals surface area contributed by atoms with Crippen molar-refractivity contribution in [2.75, 3.05) is 19.8 Å². The number of hydrogen-bond donors (Lipinski definition) is 2. The molecule has 43 heavy (non-hydrogen) atoms. The van der Waals surface area contributed by atoms with Crippen molar-refractivity contribution < 1.29 is 19.4 Å². The van der Waals surface area contributed by atoms with Gasteiger partial charge in [0, 0.05) is 45.5 Å². The molecule has 2 N–H and O–H groups in total. The quantitative estimate of drug-likeness (QED) is 0.149. The number of carbonyl (C=O) groups excluding carboxylic acids is 1. The van der Waals surface area contributed by atoms with Gasteiger partial charge >= 0.3 is 0 Å². The van der Waals surface area contributed by atoms with Gasteiger partial charge in [-0.2, -0.15) is 0 Å². The number of halogens is 3. The lowest BCUT2D eigenvalue weighted by molar-refractivity contribution is -0.128. The molecule has 4 aromatic rings. The van der Waals surface area contributed by atoms with E-state index in [0.29, 0.717) is 49.1 Å². The van der Waals surface area contributed by atoms with Crippen molar-refractivity contribution >= 4 is 55.3 Å². The molecule has 0 fully saturated rings. The third kappa shape index (κ3) is 7.68. The highest BCUT2D eigenvalue weighted by Gasteiger charge is 2.53. The summed E-state index contributed by atoms with van der Waals surface area (Å²) in [6.45, 7) is 0.918. The van der Waals surface area contributed by atoms with Crippen molar-refractivity contribution in [1.82, 2.24) is 5.32 Å². The van der Waals surface area contributed by atoms with Gasteiger partial charge in [-0.3, -0.25) is 4.79 Å². The Bertz CT molecular complexity index is 1560. The van der Waals surface area contributed by atoms with Gasteiger partial charge in [0.1, 0.15) is 5.75 Å². The van der Waals surface area contributed by atoms with Crippen LogP contribution in [0.2, 0.25) is 5.02 Å². The first-order valence-corrected chi connectivity index (χ1v) is 16.0. The Kier molecular flexibility index (Phi) is 10.6. The van der Waals surface area contributed by atoms with Crippen LogP contribution in [0.25, 0.3) is 0 Å².